The third kappa shape index (κ3) is 3.13. The fourth-order valence-electron chi connectivity index (χ4n) is 2.84. The zero-order valence-electron chi connectivity index (χ0n) is 13.1. The summed E-state index contributed by atoms with van der Waals surface area (Å²) in [5.74, 6) is 0.782. The molecule has 1 aliphatic rings. The first-order valence-corrected chi connectivity index (χ1v) is 8.66. The molecule has 0 atom stereocenters. The molecule has 1 fully saturated rings. The van der Waals surface area contributed by atoms with Crippen LogP contribution >= 0.6 is 23.2 Å². The second-order valence-corrected chi connectivity index (χ2v) is 6.86. The fraction of sp³-hybridized carbons (Fsp3) is 0.294. The molecule has 4 rings (SSSR count). The number of aliphatic hydroxyl groups is 1. The molecule has 0 unspecified atom stereocenters. The van der Waals surface area contributed by atoms with Gasteiger partial charge < -0.3 is 19.8 Å². The van der Waals surface area contributed by atoms with Crippen LogP contribution in [0.4, 0.5) is 5.69 Å². The molecule has 0 saturated heterocycles. The predicted octanol–water partition coefficient (Wildman–Crippen LogP) is 3.80. The molecule has 1 saturated carbocycles. The predicted molar refractivity (Wildman–Crippen MR) is 96.3 cm³/mol. The molecule has 1 aliphatic carbocycles. The number of nitrogens with zero attached hydrogens (tertiary/aromatic N) is 1. The Balaban J connectivity index is 1.61. The van der Waals surface area contributed by atoms with Crippen molar-refractivity contribution in [2.24, 2.45) is 0 Å². The number of halogens is 2. The molecular weight excluding hydrogens is 365 g/mol. The van der Waals surface area contributed by atoms with Crippen molar-refractivity contribution in [2.75, 3.05) is 5.32 Å². The molecule has 2 aromatic heterocycles. The van der Waals surface area contributed by atoms with Crippen molar-refractivity contribution < 1.29 is 9.52 Å². The van der Waals surface area contributed by atoms with Gasteiger partial charge in [0.15, 0.2) is 5.58 Å². The molecule has 130 valence electrons. The van der Waals surface area contributed by atoms with Gasteiger partial charge in [0.2, 0.25) is 5.89 Å². The number of benzene rings is 1. The van der Waals surface area contributed by atoms with Gasteiger partial charge >= 0.3 is 0 Å². The summed E-state index contributed by atoms with van der Waals surface area (Å²) in [6, 6.07) is 5.10. The van der Waals surface area contributed by atoms with Gasteiger partial charge in [-0.15, -0.1) is 0 Å². The van der Waals surface area contributed by atoms with Crippen molar-refractivity contribution in [1.29, 1.82) is 0 Å². The van der Waals surface area contributed by atoms with Crippen LogP contribution in [0, 0.1) is 0 Å². The number of anilines is 1. The number of aromatic amines is 1. The van der Waals surface area contributed by atoms with Crippen LogP contribution in [0.15, 0.2) is 27.4 Å². The van der Waals surface area contributed by atoms with Gasteiger partial charge in [0.05, 0.1) is 23.2 Å². The average Bonchev–Trinajstić information content (AvgIpc) is 3.35. The van der Waals surface area contributed by atoms with Crippen molar-refractivity contribution >= 4 is 40.0 Å². The van der Waals surface area contributed by atoms with Crippen LogP contribution in [-0.2, 0) is 13.2 Å². The quantitative estimate of drug-likeness (QED) is 0.626. The Morgan fingerprint density at radius 2 is 2.08 bits per heavy atom. The van der Waals surface area contributed by atoms with Crippen LogP contribution < -0.4 is 10.9 Å². The second-order valence-electron chi connectivity index (χ2n) is 6.05. The number of rotatable bonds is 5. The molecule has 0 radical (unpaired) electrons. The Hall–Kier alpha value is -2.02. The van der Waals surface area contributed by atoms with Gasteiger partial charge in [0, 0.05) is 5.69 Å². The molecule has 3 aromatic rings. The smallest absolute Gasteiger partial charge is 0.271 e. The number of aromatic nitrogens is 2. The average molecular weight is 380 g/mol. The molecule has 0 amide bonds. The summed E-state index contributed by atoms with van der Waals surface area (Å²) in [4.78, 5) is 19.2. The Labute approximate surface area is 152 Å². The molecule has 2 heterocycles. The molecule has 0 spiro atoms. The van der Waals surface area contributed by atoms with Crippen molar-refractivity contribution in [3.8, 4) is 0 Å². The van der Waals surface area contributed by atoms with Gasteiger partial charge in [-0.05, 0) is 42.5 Å². The minimum Gasteiger partial charge on any atom is -0.437 e. The van der Waals surface area contributed by atoms with E-state index >= 15 is 0 Å². The standard InChI is InChI=1S/C17H15Cl2N3O3/c18-10-3-4-11(19)16-15(10)22-14(25-16)6-20-12-5-9(8-1-2-8)13(7-23)21-17(12)24/h3-5,8,20,23H,1-2,6-7H2,(H,21,24). The first-order chi connectivity index (χ1) is 12.1. The lowest BCUT2D eigenvalue weighted by molar-refractivity contribution is 0.275. The minimum absolute atomic E-state index is 0.177. The number of pyridine rings is 1. The lowest BCUT2D eigenvalue weighted by Gasteiger charge is -2.09. The van der Waals surface area contributed by atoms with E-state index < -0.39 is 0 Å². The van der Waals surface area contributed by atoms with Crippen molar-refractivity contribution in [1.82, 2.24) is 9.97 Å². The number of nitrogens with one attached hydrogen (secondary N) is 2. The number of fused-ring (bicyclic) bond motifs is 1. The Morgan fingerprint density at radius 3 is 2.76 bits per heavy atom. The number of oxazole rings is 1. The van der Waals surface area contributed by atoms with Crippen molar-refractivity contribution in [3.05, 3.63) is 55.7 Å². The summed E-state index contributed by atoms with van der Waals surface area (Å²) in [5.41, 5.74) is 2.61. The lowest BCUT2D eigenvalue weighted by Crippen LogP contribution is -2.17. The largest absolute Gasteiger partial charge is 0.437 e. The van der Waals surface area contributed by atoms with Crippen LogP contribution in [0.1, 0.15) is 35.9 Å². The van der Waals surface area contributed by atoms with E-state index in [0.29, 0.717) is 44.3 Å². The molecular formula is C17H15Cl2N3O3. The topological polar surface area (TPSA) is 91.2 Å². The zero-order valence-corrected chi connectivity index (χ0v) is 14.6. The molecule has 6 nitrogen and oxygen atoms in total. The number of hydrogen-bond donors (Lipinski definition) is 3. The van der Waals surface area contributed by atoms with E-state index in [-0.39, 0.29) is 18.7 Å². The van der Waals surface area contributed by atoms with Gasteiger partial charge in [-0.2, -0.15) is 0 Å². The summed E-state index contributed by atoms with van der Waals surface area (Å²) in [7, 11) is 0. The summed E-state index contributed by atoms with van der Waals surface area (Å²) in [5, 5.41) is 13.3. The van der Waals surface area contributed by atoms with E-state index in [1.165, 1.54) is 0 Å². The highest BCUT2D eigenvalue weighted by molar-refractivity contribution is 6.39. The van der Waals surface area contributed by atoms with E-state index in [1.807, 2.05) is 0 Å². The fourth-order valence-corrected chi connectivity index (χ4v) is 3.22. The highest BCUT2D eigenvalue weighted by atomic mass is 35.5. The Kier molecular flexibility index (Phi) is 4.19. The van der Waals surface area contributed by atoms with Gasteiger partial charge in [-0.25, -0.2) is 4.98 Å². The lowest BCUT2D eigenvalue weighted by atomic mass is 10.1. The molecule has 25 heavy (non-hydrogen) atoms. The number of aliphatic hydroxyl groups excluding tert-OH is 1. The SMILES string of the molecule is O=c1[nH]c(CO)c(C2CC2)cc1NCc1nc2c(Cl)ccc(Cl)c2o1. The Morgan fingerprint density at radius 1 is 1.32 bits per heavy atom. The molecule has 0 aliphatic heterocycles. The van der Waals surface area contributed by atoms with Gasteiger partial charge in [0.1, 0.15) is 11.2 Å². The normalized spacial score (nSPS) is 14.2. The summed E-state index contributed by atoms with van der Waals surface area (Å²) in [6.45, 7) is 0.0382. The van der Waals surface area contributed by atoms with Crippen LogP contribution in [0.25, 0.3) is 11.1 Å². The maximum absolute atomic E-state index is 12.2. The molecule has 8 heteroatoms. The second kappa shape index (κ2) is 6.37. The van der Waals surface area contributed by atoms with Gasteiger partial charge in [-0.3, -0.25) is 4.79 Å². The first-order valence-electron chi connectivity index (χ1n) is 7.91. The summed E-state index contributed by atoms with van der Waals surface area (Å²) in [6.07, 6.45) is 2.14. The van der Waals surface area contributed by atoms with Crippen molar-refractivity contribution in [3.63, 3.8) is 0 Å². The zero-order chi connectivity index (χ0) is 17.6. The van der Waals surface area contributed by atoms with Gasteiger partial charge in [-0.1, -0.05) is 23.2 Å². The highest BCUT2D eigenvalue weighted by Crippen LogP contribution is 2.41. The maximum Gasteiger partial charge on any atom is 0.271 e. The van der Waals surface area contributed by atoms with Gasteiger partial charge in [0.25, 0.3) is 5.56 Å². The molecule has 0 bridgehead atoms. The molecule has 1 aromatic carbocycles. The maximum atomic E-state index is 12.2. The van der Waals surface area contributed by atoms with Crippen LogP contribution in [0.5, 0.6) is 0 Å². The monoisotopic (exact) mass is 379 g/mol. The third-order valence-electron chi connectivity index (χ3n) is 4.25. The van der Waals surface area contributed by atoms with E-state index in [0.717, 1.165) is 18.4 Å². The van der Waals surface area contributed by atoms with Crippen LogP contribution in [0.3, 0.4) is 0 Å². The summed E-state index contributed by atoms with van der Waals surface area (Å²) < 4.78 is 5.63. The molecule has 3 N–H and O–H groups in total. The Bertz CT molecular complexity index is 969. The van der Waals surface area contributed by atoms with E-state index in [2.05, 4.69) is 15.3 Å². The minimum atomic E-state index is -0.291. The third-order valence-corrected chi connectivity index (χ3v) is 4.86. The first kappa shape index (κ1) is 16.4. The van der Waals surface area contributed by atoms with E-state index in [1.54, 1.807) is 18.2 Å². The number of H-pyrrole nitrogens is 1. The summed E-state index contributed by atoms with van der Waals surface area (Å²) >= 11 is 12.2. The highest BCUT2D eigenvalue weighted by Gasteiger charge is 2.27. The number of hydrogen-bond acceptors (Lipinski definition) is 5. The van der Waals surface area contributed by atoms with Crippen LogP contribution in [0.2, 0.25) is 10.0 Å². The van der Waals surface area contributed by atoms with Crippen LogP contribution in [-0.4, -0.2) is 15.1 Å². The van der Waals surface area contributed by atoms with Crippen molar-refractivity contribution in [2.45, 2.75) is 31.9 Å². The van der Waals surface area contributed by atoms with E-state index in [9.17, 15) is 9.90 Å². The van der Waals surface area contributed by atoms with E-state index in [4.69, 9.17) is 27.6 Å².